The van der Waals surface area contributed by atoms with Crippen LogP contribution >= 0.6 is 10.5 Å². The van der Waals surface area contributed by atoms with Crippen LogP contribution in [0.3, 0.4) is 0 Å². The lowest BCUT2D eigenvalue weighted by Gasteiger charge is -2.41. The quantitative estimate of drug-likeness (QED) is 0.296. The molecule has 0 aliphatic carbocycles. The van der Waals surface area contributed by atoms with Crippen LogP contribution in [0.5, 0.6) is 11.5 Å². The Bertz CT molecular complexity index is 1490. The number of fused-ring (bicyclic) bond motifs is 1. The summed E-state index contributed by atoms with van der Waals surface area (Å²) in [5, 5.41) is 3.61. The lowest BCUT2D eigenvalue weighted by atomic mass is 10.1. The van der Waals surface area contributed by atoms with Gasteiger partial charge in [-0.25, -0.2) is 9.98 Å². The topological polar surface area (TPSA) is 64.3 Å². The van der Waals surface area contributed by atoms with Crippen molar-refractivity contribution >= 4 is 28.1 Å². The normalized spacial score (nSPS) is 19.6. The number of aliphatic imine (C=N–C) groups is 1. The van der Waals surface area contributed by atoms with E-state index < -0.39 is 21.9 Å². The Morgan fingerprint density at radius 3 is 2.38 bits per heavy atom. The van der Waals surface area contributed by atoms with Crippen LogP contribution in [0.1, 0.15) is 25.1 Å². The average Bonchev–Trinajstić information content (AvgIpc) is 3.37. The Balaban J connectivity index is 1.43. The second-order valence-corrected chi connectivity index (χ2v) is 11.5. The van der Waals surface area contributed by atoms with Gasteiger partial charge in [-0.05, 0) is 68.8 Å². The molecule has 0 atom stereocenters. The molecule has 0 unspecified atom stereocenters. The van der Waals surface area contributed by atoms with E-state index in [1.54, 1.807) is 18.4 Å². The Kier molecular flexibility index (Phi) is 5.66. The predicted octanol–water partition coefficient (Wildman–Crippen LogP) is 7.02. The van der Waals surface area contributed by atoms with Crippen molar-refractivity contribution in [3.05, 3.63) is 72.0 Å². The summed E-state index contributed by atoms with van der Waals surface area (Å²) in [6.07, 6.45) is 5.41. The molecule has 1 saturated heterocycles. The number of aromatic nitrogens is 2. The molecule has 5 rings (SSSR count). The molecule has 2 aliphatic heterocycles. The van der Waals surface area contributed by atoms with E-state index in [2.05, 4.69) is 9.17 Å². The number of rotatable bonds is 6. The van der Waals surface area contributed by atoms with E-state index >= 15 is 0 Å². The van der Waals surface area contributed by atoms with Crippen molar-refractivity contribution < 1.29 is 33.1 Å². The first-order valence-corrected chi connectivity index (χ1v) is 13.7. The van der Waals surface area contributed by atoms with Crippen LogP contribution in [-0.4, -0.2) is 46.3 Å². The molecule has 3 aromatic rings. The molecule has 1 aromatic heterocycles. The molecule has 2 aromatic carbocycles. The molecule has 0 N–H and O–H groups in total. The van der Waals surface area contributed by atoms with Crippen molar-refractivity contribution in [1.82, 2.24) is 14.6 Å². The number of imidazole rings is 1. The van der Waals surface area contributed by atoms with Crippen LogP contribution in [0.15, 0.2) is 65.7 Å². The molecule has 39 heavy (non-hydrogen) atoms. The monoisotopic (exact) mass is 571 g/mol. The van der Waals surface area contributed by atoms with Gasteiger partial charge in [0.15, 0.2) is 11.6 Å². The number of hydrazine groups is 1. The van der Waals surface area contributed by atoms with Crippen LogP contribution in [0.2, 0.25) is 0 Å². The summed E-state index contributed by atoms with van der Waals surface area (Å²) in [7, 11) is -8.49. The zero-order chi connectivity index (χ0) is 28.3. The molecule has 0 radical (unpaired) electrons. The maximum Gasteiger partial charge on any atom is 0.435 e. The Morgan fingerprint density at radius 2 is 1.77 bits per heavy atom. The lowest BCUT2D eigenvalue weighted by Crippen LogP contribution is -2.52. The van der Waals surface area contributed by atoms with Gasteiger partial charge in [0.05, 0.1) is 37.1 Å². The van der Waals surface area contributed by atoms with Crippen LogP contribution in [0.25, 0.3) is 11.8 Å². The molecular formula is C25H26F5N5O3S. The molecule has 0 spiro atoms. The number of halogens is 5. The standard InChI is InChI=1S/C25H26F5N5O3S/c1-17-15-33(16-31-17)21-10-5-18(13-22(21)36-4)14-23-24-32-25(2,3)35(34(24)11-12-37-23)19-6-8-20(9-7-19)38-39(26,27,28,29)30/h5-10,13-16H,11-12H2,1-4H3/b23-14-. The second kappa shape index (κ2) is 8.28. The number of methoxy groups -OCH3 is 1. The first-order valence-electron chi connectivity index (χ1n) is 11.8. The van der Waals surface area contributed by atoms with Gasteiger partial charge in [-0.3, -0.25) is 10.0 Å². The minimum Gasteiger partial charge on any atom is -0.495 e. The van der Waals surface area contributed by atoms with Crippen molar-refractivity contribution in [1.29, 1.82) is 0 Å². The largest absolute Gasteiger partial charge is 0.495 e. The van der Waals surface area contributed by atoms with Crippen molar-refractivity contribution in [2.24, 2.45) is 4.99 Å². The zero-order valence-corrected chi connectivity index (χ0v) is 22.3. The van der Waals surface area contributed by atoms with E-state index in [1.165, 1.54) is 12.1 Å². The van der Waals surface area contributed by atoms with Crippen molar-refractivity contribution in [3.63, 3.8) is 0 Å². The van der Waals surface area contributed by atoms with Crippen molar-refractivity contribution in [2.75, 3.05) is 25.3 Å². The van der Waals surface area contributed by atoms with Gasteiger partial charge in [-0.1, -0.05) is 25.5 Å². The molecule has 8 nitrogen and oxygen atoms in total. The minimum absolute atomic E-state index is 0.312. The summed E-state index contributed by atoms with van der Waals surface area (Å²) in [6, 6.07) is 9.92. The van der Waals surface area contributed by atoms with Gasteiger partial charge in [0, 0.05) is 6.20 Å². The highest BCUT2D eigenvalue weighted by atomic mass is 32.5. The summed E-state index contributed by atoms with van der Waals surface area (Å²) in [6.45, 7) is 6.25. The SMILES string of the molecule is COc1cc(/C=C2\OCCN3C2=NC(C)(C)N3c2ccc(OS(F)(F)(F)(F)F)cc2)ccc1-n1cnc(C)c1. The Hall–Kier alpha value is -3.94. The van der Waals surface area contributed by atoms with E-state index in [9.17, 15) is 19.4 Å². The van der Waals surface area contributed by atoms with Gasteiger partial charge in [-0.15, -0.1) is 0 Å². The molecule has 210 valence electrons. The fourth-order valence-corrected chi connectivity index (χ4v) is 5.01. The number of hydrogen-bond donors (Lipinski definition) is 0. The molecule has 2 aliphatic rings. The van der Waals surface area contributed by atoms with E-state index in [-0.39, 0.29) is 0 Å². The fourth-order valence-electron chi connectivity index (χ4n) is 4.54. The summed E-state index contributed by atoms with van der Waals surface area (Å²) in [4.78, 5) is 9.05. The number of hydrogen-bond acceptors (Lipinski definition) is 7. The summed E-state index contributed by atoms with van der Waals surface area (Å²) in [5.74, 6) is 0.637. The number of amidine groups is 1. The second-order valence-electron chi connectivity index (χ2n) is 9.55. The third-order valence-corrected chi connectivity index (χ3v) is 6.50. The Labute approximate surface area is 221 Å². The van der Waals surface area contributed by atoms with Crippen LogP contribution in [0.4, 0.5) is 25.1 Å². The molecule has 3 heterocycles. The van der Waals surface area contributed by atoms with E-state index in [0.717, 1.165) is 29.1 Å². The number of ether oxygens (including phenoxy) is 2. The van der Waals surface area contributed by atoms with Crippen LogP contribution < -0.4 is 13.9 Å². The Morgan fingerprint density at radius 1 is 1.05 bits per heavy atom. The number of aryl methyl sites for hydroxylation is 1. The molecule has 1 fully saturated rings. The number of benzene rings is 2. The minimum atomic E-state index is -10.1. The van der Waals surface area contributed by atoms with Gasteiger partial charge >= 0.3 is 10.5 Å². The van der Waals surface area contributed by atoms with Gasteiger partial charge in [-0.2, -0.15) is 0 Å². The summed E-state index contributed by atoms with van der Waals surface area (Å²) >= 11 is 0. The first-order chi connectivity index (χ1) is 18.0. The number of nitrogens with zero attached hydrogens (tertiary/aromatic N) is 5. The molecule has 0 amide bonds. The van der Waals surface area contributed by atoms with Gasteiger partial charge in [0.25, 0.3) is 0 Å². The van der Waals surface area contributed by atoms with Crippen molar-refractivity contribution in [3.8, 4) is 17.2 Å². The predicted molar refractivity (Wildman–Crippen MR) is 140 cm³/mol. The van der Waals surface area contributed by atoms with Gasteiger partial charge < -0.3 is 18.2 Å². The molecular weight excluding hydrogens is 545 g/mol. The van der Waals surface area contributed by atoms with Gasteiger partial charge in [0.2, 0.25) is 0 Å². The van der Waals surface area contributed by atoms with Crippen molar-refractivity contribution in [2.45, 2.75) is 26.4 Å². The van der Waals surface area contributed by atoms with Gasteiger partial charge in [0.1, 0.15) is 23.8 Å². The maximum absolute atomic E-state index is 12.7. The average molecular weight is 572 g/mol. The zero-order valence-electron chi connectivity index (χ0n) is 21.4. The molecule has 0 bridgehead atoms. The van der Waals surface area contributed by atoms with Crippen LogP contribution in [-0.2, 0) is 4.74 Å². The lowest BCUT2D eigenvalue weighted by molar-refractivity contribution is 0.164. The first kappa shape index (κ1) is 26.7. The molecule has 0 saturated carbocycles. The smallest absolute Gasteiger partial charge is 0.435 e. The highest BCUT2D eigenvalue weighted by Crippen LogP contribution is 2.97. The van der Waals surface area contributed by atoms with E-state index in [0.29, 0.717) is 36.2 Å². The summed E-state index contributed by atoms with van der Waals surface area (Å²) in [5.41, 5.74) is 2.06. The maximum atomic E-state index is 12.7. The number of morpholine rings is 1. The van der Waals surface area contributed by atoms with E-state index in [4.69, 9.17) is 14.5 Å². The van der Waals surface area contributed by atoms with Crippen LogP contribution in [0, 0.1) is 6.92 Å². The summed E-state index contributed by atoms with van der Waals surface area (Å²) < 4.78 is 80.2. The third kappa shape index (κ3) is 5.75. The van der Waals surface area contributed by atoms with E-state index in [1.807, 2.05) is 60.8 Å². The molecule has 14 heteroatoms. The third-order valence-electron chi connectivity index (χ3n) is 5.99. The highest BCUT2D eigenvalue weighted by molar-refractivity contribution is 8.42. The highest BCUT2D eigenvalue weighted by Gasteiger charge is 2.67. The number of anilines is 1. The fraction of sp³-hybridized carbons (Fsp3) is 0.280.